The van der Waals surface area contributed by atoms with Gasteiger partial charge in [-0.25, -0.2) is 4.79 Å². The Morgan fingerprint density at radius 2 is 1.59 bits per heavy atom. The van der Waals surface area contributed by atoms with Gasteiger partial charge in [0.25, 0.3) is 0 Å². The maximum absolute atomic E-state index is 11.8. The lowest BCUT2D eigenvalue weighted by Gasteiger charge is -2.13. The van der Waals surface area contributed by atoms with E-state index < -0.39 is 6.03 Å². The molecule has 0 heterocycles. The van der Waals surface area contributed by atoms with Gasteiger partial charge in [0.2, 0.25) is 5.91 Å². The van der Waals surface area contributed by atoms with E-state index in [0.29, 0.717) is 5.69 Å². The van der Waals surface area contributed by atoms with E-state index in [0.717, 1.165) is 11.3 Å². The summed E-state index contributed by atoms with van der Waals surface area (Å²) in [7, 11) is 3.88. The molecule has 0 saturated carbocycles. The van der Waals surface area contributed by atoms with Gasteiger partial charge >= 0.3 is 6.03 Å². The zero-order valence-electron chi connectivity index (χ0n) is 12.7. The topological polar surface area (TPSA) is 61.4 Å². The molecule has 0 saturated heterocycles. The lowest BCUT2D eigenvalue weighted by atomic mass is 10.1. The van der Waals surface area contributed by atoms with Gasteiger partial charge in [-0.3, -0.25) is 10.1 Å². The SMILES string of the molecule is CN(C)c1ccc(NC(=O)NC(=O)Cc2ccccc2)cc1. The third-order valence-electron chi connectivity index (χ3n) is 3.10. The number of carbonyl (C=O) groups is 2. The number of carbonyl (C=O) groups excluding carboxylic acids is 2. The van der Waals surface area contributed by atoms with Crippen LogP contribution < -0.4 is 15.5 Å². The van der Waals surface area contributed by atoms with Crippen LogP contribution in [0.1, 0.15) is 5.56 Å². The standard InChI is InChI=1S/C17H19N3O2/c1-20(2)15-10-8-14(9-11-15)18-17(22)19-16(21)12-13-6-4-3-5-7-13/h3-11H,12H2,1-2H3,(H2,18,19,21,22). The molecule has 0 aliphatic heterocycles. The Labute approximate surface area is 129 Å². The Balaban J connectivity index is 1.86. The first kappa shape index (κ1) is 15.6. The van der Waals surface area contributed by atoms with E-state index in [1.165, 1.54) is 0 Å². The first-order chi connectivity index (χ1) is 10.5. The summed E-state index contributed by atoms with van der Waals surface area (Å²) in [5, 5.41) is 4.95. The van der Waals surface area contributed by atoms with Crippen LogP contribution in [0.25, 0.3) is 0 Å². The van der Waals surface area contributed by atoms with Gasteiger partial charge in [0.1, 0.15) is 0 Å². The van der Waals surface area contributed by atoms with Gasteiger partial charge in [0.05, 0.1) is 6.42 Å². The van der Waals surface area contributed by atoms with Crippen LogP contribution in [0.2, 0.25) is 0 Å². The fraction of sp³-hybridized carbons (Fsp3) is 0.176. The molecule has 5 heteroatoms. The Morgan fingerprint density at radius 1 is 0.955 bits per heavy atom. The molecule has 0 atom stereocenters. The number of benzene rings is 2. The zero-order chi connectivity index (χ0) is 15.9. The molecule has 3 amide bonds. The van der Waals surface area contributed by atoms with Crippen molar-refractivity contribution in [3.05, 3.63) is 60.2 Å². The molecule has 2 rings (SSSR count). The highest BCUT2D eigenvalue weighted by Gasteiger charge is 2.08. The predicted octanol–water partition coefficient (Wildman–Crippen LogP) is 2.64. The maximum atomic E-state index is 11.8. The van der Waals surface area contributed by atoms with Crippen molar-refractivity contribution in [2.45, 2.75) is 6.42 Å². The molecule has 2 aromatic carbocycles. The van der Waals surface area contributed by atoms with Gasteiger partial charge in [0.15, 0.2) is 0 Å². The number of hydrogen-bond donors (Lipinski definition) is 2. The number of nitrogens with zero attached hydrogens (tertiary/aromatic N) is 1. The Morgan fingerprint density at radius 3 is 2.18 bits per heavy atom. The second-order valence-corrected chi connectivity index (χ2v) is 5.11. The average Bonchev–Trinajstić information content (AvgIpc) is 2.48. The Kier molecular flexibility index (Phi) is 5.14. The molecule has 0 fully saturated rings. The molecule has 0 aromatic heterocycles. The lowest BCUT2D eigenvalue weighted by Crippen LogP contribution is -2.35. The average molecular weight is 297 g/mol. The van der Waals surface area contributed by atoms with Crippen LogP contribution >= 0.6 is 0 Å². The summed E-state index contributed by atoms with van der Waals surface area (Å²) in [5.41, 5.74) is 2.53. The second kappa shape index (κ2) is 7.26. The molecule has 0 radical (unpaired) electrons. The summed E-state index contributed by atoms with van der Waals surface area (Å²) in [6, 6.07) is 16.1. The largest absolute Gasteiger partial charge is 0.378 e. The number of hydrogen-bond acceptors (Lipinski definition) is 3. The lowest BCUT2D eigenvalue weighted by molar-refractivity contribution is -0.119. The van der Waals surface area contributed by atoms with Crippen molar-refractivity contribution >= 4 is 23.3 Å². The normalized spacial score (nSPS) is 9.91. The van der Waals surface area contributed by atoms with Crippen LogP contribution in [0.3, 0.4) is 0 Å². The van der Waals surface area contributed by atoms with Crippen molar-refractivity contribution in [3.63, 3.8) is 0 Å². The van der Waals surface area contributed by atoms with Gasteiger partial charge in [0, 0.05) is 25.5 Å². The van der Waals surface area contributed by atoms with E-state index in [9.17, 15) is 9.59 Å². The van der Waals surface area contributed by atoms with Gasteiger partial charge < -0.3 is 10.2 Å². The highest BCUT2D eigenvalue weighted by molar-refractivity contribution is 6.01. The van der Waals surface area contributed by atoms with E-state index in [1.807, 2.05) is 61.5 Å². The number of nitrogens with one attached hydrogen (secondary N) is 2. The number of imide groups is 1. The van der Waals surface area contributed by atoms with E-state index in [-0.39, 0.29) is 12.3 Å². The summed E-state index contributed by atoms with van der Waals surface area (Å²) in [5.74, 6) is -0.339. The Hall–Kier alpha value is -2.82. The molecule has 2 N–H and O–H groups in total. The van der Waals surface area contributed by atoms with Crippen molar-refractivity contribution in [3.8, 4) is 0 Å². The van der Waals surface area contributed by atoms with Crippen LogP contribution in [0.5, 0.6) is 0 Å². The van der Waals surface area contributed by atoms with Gasteiger partial charge in [-0.15, -0.1) is 0 Å². The maximum Gasteiger partial charge on any atom is 0.325 e. The first-order valence-electron chi connectivity index (χ1n) is 6.97. The van der Waals surface area contributed by atoms with Crippen molar-refractivity contribution in [1.82, 2.24) is 5.32 Å². The zero-order valence-corrected chi connectivity index (χ0v) is 12.7. The molecule has 0 aliphatic carbocycles. The molecule has 0 spiro atoms. The van der Waals surface area contributed by atoms with Gasteiger partial charge in [-0.1, -0.05) is 30.3 Å². The number of urea groups is 1. The summed E-state index contributed by atoms with van der Waals surface area (Å²) >= 11 is 0. The summed E-state index contributed by atoms with van der Waals surface area (Å²) in [6.45, 7) is 0. The van der Waals surface area contributed by atoms with Crippen LogP contribution in [0.4, 0.5) is 16.2 Å². The van der Waals surface area contributed by atoms with Gasteiger partial charge in [-0.05, 0) is 29.8 Å². The van der Waals surface area contributed by atoms with E-state index >= 15 is 0 Å². The first-order valence-corrected chi connectivity index (χ1v) is 6.97. The van der Waals surface area contributed by atoms with Crippen LogP contribution in [-0.2, 0) is 11.2 Å². The van der Waals surface area contributed by atoms with Crippen molar-refractivity contribution in [2.75, 3.05) is 24.3 Å². The minimum Gasteiger partial charge on any atom is -0.378 e. The molecule has 0 bridgehead atoms. The monoisotopic (exact) mass is 297 g/mol. The molecular formula is C17H19N3O2. The molecular weight excluding hydrogens is 278 g/mol. The molecule has 5 nitrogen and oxygen atoms in total. The van der Waals surface area contributed by atoms with Crippen LogP contribution in [0.15, 0.2) is 54.6 Å². The van der Waals surface area contributed by atoms with Crippen LogP contribution in [0, 0.1) is 0 Å². The number of amides is 3. The molecule has 2 aromatic rings. The molecule has 114 valence electrons. The minimum absolute atomic E-state index is 0.174. The number of rotatable bonds is 4. The molecule has 0 aliphatic rings. The smallest absolute Gasteiger partial charge is 0.325 e. The summed E-state index contributed by atoms with van der Waals surface area (Å²) in [4.78, 5) is 25.5. The van der Waals surface area contributed by atoms with Crippen LogP contribution in [-0.4, -0.2) is 26.0 Å². The number of anilines is 2. The summed E-state index contributed by atoms with van der Waals surface area (Å²) < 4.78 is 0. The molecule has 22 heavy (non-hydrogen) atoms. The van der Waals surface area contributed by atoms with E-state index in [2.05, 4.69) is 10.6 Å². The third-order valence-corrected chi connectivity index (χ3v) is 3.10. The highest BCUT2D eigenvalue weighted by Crippen LogP contribution is 2.15. The fourth-order valence-electron chi connectivity index (χ4n) is 1.96. The third kappa shape index (κ3) is 4.63. The highest BCUT2D eigenvalue weighted by atomic mass is 16.2. The van der Waals surface area contributed by atoms with Crippen molar-refractivity contribution in [1.29, 1.82) is 0 Å². The minimum atomic E-state index is -0.529. The van der Waals surface area contributed by atoms with E-state index in [1.54, 1.807) is 12.1 Å². The fourth-order valence-corrected chi connectivity index (χ4v) is 1.96. The predicted molar refractivity (Wildman–Crippen MR) is 88.1 cm³/mol. The Bertz CT molecular complexity index is 637. The van der Waals surface area contributed by atoms with E-state index in [4.69, 9.17) is 0 Å². The van der Waals surface area contributed by atoms with Crippen molar-refractivity contribution in [2.24, 2.45) is 0 Å². The van der Waals surface area contributed by atoms with Crippen molar-refractivity contribution < 1.29 is 9.59 Å². The second-order valence-electron chi connectivity index (χ2n) is 5.11. The quantitative estimate of drug-likeness (QED) is 0.912. The van der Waals surface area contributed by atoms with Gasteiger partial charge in [-0.2, -0.15) is 0 Å². The summed E-state index contributed by atoms with van der Waals surface area (Å²) in [6.07, 6.45) is 0.174. The molecule has 0 unspecified atom stereocenters.